The van der Waals surface area contributed by atoms with E-state index >= 15 is 0 Å². The Bertz CT molecular complexity index is 1060. The number of nitrogens with two attached hydrogens (primary N) is 2. The van der Waals surface area contributed by atoms with Crippen LogP contribution >= 0.6 is 0 Å². The van der Waals surface area contributed by atoms with Gasteiger partial charge in [0.2, 0.25) is 5.95 Å². The average Bonchev–Trinajstić information content (AvgIpc) is 3.18. The third-order valence-electron chi connectivity index (χ3n) is 6.25. The summed E-state index contributed by atoms with van der Waals surface area (Å²) in [6.45, 7) is 10.0. The minimum atomic E-state index is 0.00974. The van der Waals surface area contributed by atoms with E-state index < -0.39 is 0 Å². The Balaban J connectivity index is 1.40. The van der Waals surface area contributed by atoms with Crippen molar-refractivity contribution in [3.05, 3.63) is 59.7 Å². The highest BCUT2D eigenvalue weighted by Gasteiger charge is 2.11. The van der Waals surface area contributed by atoms with Crippen molar-refractivity contribution in [3.8, 4) is 0 Å². The van der Waals surface area contributed by atoms with E-state index in [-0.39, 0.29) is 5.96 Å². The molecule has 1 saturated heterocycles. The molecule has 9 heteroatoms. The van der Waals surface area contributed by atoms with Crippen molar-refractivity contribution >= 4 is 22.9 Å². The van der Waals surface area contributed by atoms with Gasteiger partial charge in [0, 0.05) is 32.7 Å². The summed E-state index contributed by atoms with van der Waals surface area (Å²) in [5.74, 6) is 0.536. The predicted octanol–water partition coefficient (Wildman–Crippen LogP) is 1.35. The first-order valence-electron chi connectivity index (χ1n) is 12.7. The first-order valence-corrected chi connectivity index (χ1v) is 12.7. The number of benzene rings is 2. The van der Waals surface area contributed by atoms with Crippen molar-refractivity contribution in [2.45, 2.75) is 25.9 Å². The first-order chi connectivity index (χ1) is 17.2. The van der Waals surface area contributed by atoms with E-state index in [1.807, 2.05) is 24.3 Å². The largest absolute Gasteiger partial charge is 0.370 e. The maximum absolute atomic E-state index is 5.65. The maximum atomic E-state index is 5.65. The van der Waals surface area contributed by atoms with E-state index in [0.717, 1.165) is 76.4 Å². The van der Waals surface area contributed by atoms with Crippen molar-refractivity contribution in [1.82, 2.24) is 30.4 Å². The van der Waals surface area contributed by atoms with Gasteiger partial charge >= 0.3 is 0 Å². The zero-order chi connectivity index (χ0) is 24.3. The summed E-state index contributed by atoms with van der Waals surface area (Å²) in [6, 6.07) is 16.8. The number of nitrogens with zero attached hydrogens (tertiary/aromatic N) is 4. The Kier molecular flexibility index (Phi) is 9.47. The van der Waals surface area contributed by atoms with Crippen LogP contribution < -0.4 is 27.4 Å². The number of guanidine groups is 1. The lowest BCUT2D eigenvalue weighted by Crippen LogP contribution is -2.36. The molecule has 7 N–H and O–H groups in total. The maximum Gasteiger partial charge on any atom is 0.234 e. The van der Waals surface area contributed by atoms with Crippen molar-refractivity contribution < 1.29 is 0 Å². The Morgan fingerprint density at radius 2 is 1.43 bits per heavy atom. The quantitative estimate of drug-likeness (QED) is 0.278. The Morgan fingerprint density at radius 3 is 2.17 bits per heavy atom. The van der Waals surface area contributed by atoms with E-state index in [1.165, 1.54) is 17.5 Å². The molecule has 0 aliphatic carbocycles. The van der Waals surface area contributed by atoms with Gasteiger partial charge in [-0.2, -0.15) is 4.99 Å². The lowest BCUT2D eigenvalue weighted by molar-refractivity contribution is 0.260. The van der Waals surface area contributed by atoms with Crippen LogP contribution in [-0.4, -0.2) is 72.8 Å². The highest BCUT2D eigenvalue weighted by Crippen LogP contribution is 2.23. The van der Waals surface area contributed by atoms with E-state index in [0.29, 0.717) is 12.5 Å². The van der Waals surface area contributed by atoms with Crippen LogP contribution in [0, 0.1) is 0 Å². The SMILES string of the molecule is NC(N)=Nc1nc2ccccc2n1Cc1ccc(CN2CCCNCCNCCCNCC2)cc1. The minimum Gasteiger partial charge on any atom is -0.370 e. The summed E-state index contributed by atoms with van der Waals surface area (Å²) in [7, 11) is 0. The van der Waals surface area contributed by atoms with Gasteiger partial charge in [0.25, 0.3) is 0 Å². The van der Waals surface area contributed by atoms with E-state index in [2.05, 4.69) is 59.7 Å². The van der Waals surface area contributed by atoms with Gasteiger partial charge in [-0.3, -0.25) is 4.90 Å². The monoisotopic (exact) mass is 477 g/mol. The summed E-state index contributed by atoms with van der Waals surface area (Å²) in [5.41, 5.74) is 15.7. The van der Waals surface area contributed by atoms with Crippen LogP contribution in [0.25, 0.3) is 11.0 Å². The van der Waals surface area contributed by atoms with Gasteiger partial charge < -0.3 is 32.0 Å². The van der Waals surface area contributed by atoms with Gasteiger partial charge in [-0.25, -0.2) is 4.98 Å². The zero-order valence-corrected chi connectivity index (χ0v) is 20.5. The normalized spacial score (nSPS) is 17.1. The number of hydrogen-bond acceptors (Lipinski definition) is 6. The minimum absolute atomic E-state index is 0.00974. The Labute approximate surface area is 208 Å². The number of hydrogen-bond donors (Lipinski definition) is 5. The van der Waals surface area contributed by atoms with Gasteiger partial charge in [0.1, 0.15) is 0 Å². The molecule has 2 heterocycles. The van der Waals surface area contributed by atoms with Gasteiger partial charge in [0.05, 0.1) is 17.6 Å². The van der Waals surface area contributed by atoms with Crippen molar-refractivity contribution in [2.24, 2.45) is 16.5 Å². The zero-order valence-electron chi connectivity index (χ0n) is 20.5. The molecule has 0 amide bonds. The second-order valence-electron chi connectivity index (χ2n) is 9.07. The van der Waals surface area contributed by atoms with E-state index in [1.54, 1.807) is 0 Å². The van der Waals surface area contributed by atoms with Gasteiger partial charge in [0.15, 0.2) is 5.96 Å². The molecular formula is C26H39N9. The van der Waals surface area contributed by atoms with Crippen molar-refractivity contribution in [1.29, 1.82) is 0 Å². The molecule has 0 unspecified atom stereocenters. The van der Waals surface area contributed by atoms with Crippen LogP contribution in [0.3, 0.4) is 0 Å². The van der Waals surface area contributed by atoms with Crippen LogP contribution in [0.2, 0.25) is 0 Å². The van der Waals surface area contributed by atoms with E-state index in [9.17, 15) is 0 Å². The molecule has 1 fully saturated rings. The number of fused-ring (bicyclic) bond motifs is 1. The molecule has 1 aliphatic rings. The average molecular weight is 478 g/mol. The van der Waals surface area contributed by atoms with Crippen LogP contribution in [0.4, 0.5) is 5.95 Å². The number of nitrogens with one attached hydrogen (secondary N) is 3. The molecular weight excluding hydrogens is 438 g/mol. The lowest BCUT2D eigenvalue weighted by atomic mass is 10.1. The molecule has 188 valence electrons. The van der Waals surface area contributed by atoms with Crippen molar-refractivity contribution in [2.75, 3.05) is 52.4 Å². The fourth-order valence-electron chi connectivity index (χ4n) is 4.44. The molecule has 0 bridgehead atoms. The molecule has 1 aliphatic heterocycles. The van der Waals surface area contributed by atoms with Crippen LogP contribution in [0.1, 0.15) is 24.0 Å². The molecule has 2 aromatic carbocycles. The Morgan fingerprint density at radius 1 is 0.771 bits per heavy atom. The molecule has 4 rings (SSSR count). The van der Waals surface area contributed by atoms with Crippen LogP contribution in [0.5, 0.6) is 0 Å². The van der Waals surface area contributed by atoms with Gasteiger partial charge in [-0.1, -0.05) is 36.4 Å². The molecule has 3 aromatic rings. The highest BCUT2D eigenvalue weighted by molar-refractivity contribution is 5.82. The fraction of sp³-hybridized carbons (Fsp3) is 0.462. The summed E-state index contributed by atoms with van der Waals surface area (Å²) >= 11 is 0. The summed E-state index contributed by atoms with van der Waals surface area (Å²) in [5, 5.41) is 10.6. The van der Waals surface area contributed by atoms with Gasteiger partial charge in [-0.15, -0.1) is 0 Å². The smallest absolute Gasteiger partial charge is 0.234 e. The second-order valence-corrected chi connectivity index (χ2v) is 9.07. The Hall–Kier alpha value is -2.98. The summed E-state index contributed by atoms with van der Waals surface area (Å²) in [4.78, 5) is 11.4. The number of para-hydroxylation sites is 2. The number of rotatable bonds is 5. The summed E-state index contributed by atoms with van der Waals surface area (Å²) in [6.07, 6.45) is 2.32. The van der Waals surface area contributed by atoms with Crippen molar-refractivity contribution in [3.63, 3.8) is 0 Å². The molecule has 0 saturated carbocycles. The number of imidazole rings is 1. The van der Waals surface area contributed by atoms with Gasteiger partial charge in [-0.05, 0) is 62.3 Å². The topological polar surface area (TPSA) is 122 Å². The van der Waals surface area contributed by atoms with Crippen LogP contribution in [-0.2, 0) is 13.1 Å². The second kappa shape index (κ2) is 13.2. The molecule has 0 spiro atoms. The number of aliphatic imine (C=N–C) groups is 1. The molecule has 9 nitrogen and oxygen atoms in total. The lowest BCUT2D eigenvalue weighted by Gasteiger charge is -2.23. The van der Waals surface area contributed by atoms with Crippen LogP contribution in [0.15, 0.2) is 53.5 Å². The standard InChI is InChI=1S/C26H39N9/c27-25(28)33-26-32-23-5-1-2-6-24(23)35(26)20-22-9-7-21(8-10-22)19-34-17-4-13-30-15-14-29-11-3-12-31-16-18-34/h1-2,5-10,29-31H,3-4,11-20H2,(H4,27,28,32,33). The molecule has 0 radical (unpaired) electrons. The highest BCUT2D eigenvalue weighted by atomic mass is 15.2. The van der Waals surface area contributed by atoms with E-state index in [4.69, 9.17) is 11.5 Å². The molecule has 35 heavy (non-hydrogen) atoms. The molecule has 0 atom stereocenters. The third kappa shape index (κ3) is 7.76. The first kappa shape index (κ1) is 25.1. The molecule has 1 aromatic heterocycles. The third-order valence-corrected chi connectivity index (χ3v) is 6.25. The summed E-state index contributed by atoms with van der Waals surface area (Å²) < 4.78 is 2.05. The number of aromatic nitrogens is 2. The predicted molar refractivity (Wildman–Crippen MR) is 144 cm³/mol. The fourth-order valence-corrected chi connectivity index (χ4v) is 4.44.